The van der Waals surface area contributed by atoms with Crippen LogP contribution in [0.2, 0.25) is 0 Å². The maximum absolute atomic E-state index is 11.0. The summed E-state index contributed by atoms with van der Waals surface area (Å²) in [6.07, 6.45) is 46.0. The van der Waals surface area contributed by atoms with Gasteiger partial charge in [-0.05, 0) is 114 Å². The second-order valence-corrected chi connectivity index (χ2v) is 14.5. The molecule has 0 saturated heterocycles. The van der Waals surface area contributed by atoms with Crippen molar-refractivity contribution >= 4 is 23.9 Å². The molecule has 0 aliphatic carbocycles. The minimum absolute atomic E-state index is 0.195. The van der Waals surface area contributed by atoms with Gasteiger partial charge in [-0.2, -0.15) is 0 Å². The van der Waals surface area contributed by atoms with Crippen molar-refractivity contribution in [3.63, 3.8) is 0 Å². The molecule has 0 aliphatic heterocycles. The molecule has 10 nitrogen and oxygen atoms in total. The zero-order valence-electron chi connectivity index (χ0n) is 38.0. The molecule has 344 valence electrons. The van der Waals surface area contributed by atoms with Gasteiger partial charge in [0, 0.05) is 26.1 Å². The van der Waals surface area contributed by atoms with E-state index in [4.69, 9.17) is 20.4 Å². The molecule has 4 N–H and O–H groups in total. The van der Waals surface area contributed by atoms with Crippen molar-refractivity contribution in [2.24, 2.45) is 0 Å². The highest BCUT2D eigenvalue weighted by atomic mass is 16.5. The van der Waals surface area contributed by atoms with Crippen molar-refractivity contribution in [1.82, 2.24) is 0 Å². The highest BCUT2D eigenvalue weighted by Crippen LogP contribution is 2.10. The monoisotopic (exact) mass is 845 g/mol. The second-order valence-electron chi connectivity index (χ2n) is 14.5. The van der Waals surface area contributed by atoms with Gasteiger partial charge in [-0.1, -0.05) is 127 Å². The van der Waals surface area contributed by atoms with Gasteiger partial charge in [-0.15, -0.1) is 0 Å². The standard InChI is InChI=1S/2C18H32O2.C10H10O4.C4H10O2/c2*1-2-3-4-5-6-7-8-9-10-11-12-13-14-15-16-17-18(19)20;1-13-9(11)7-3-5-8(6-4-7)10(12)14-2;5-3-1-2-4-6/h2*6-7,9-10H,2-5,8,11-17H2,1H3,(H,19,20);3-6H,1-2H3;5-6H,1-4H2/b2*7-6-,10-9-;;. The maximum atomic E-state index is 11.0. The highest BCUT2D eigenvalue weighted by Gasteiger charge is 2.08. The lowest BCUT2D eigenvalue weighted by Crippen LogP contribution is -2.04. The van der Waals surface area contributed by atoms with Crippen LogP contribution in [-0.4, -0.2) is 71.7 Å². The SMILES string of the molecule is CCCCC/C=C\C/C=C\CCCCCCCC(=O)O.CCCCC/C=C\C/C=C\CCCCCCCC(=O)O.COC(=O)c1ccc(C(=O)OC)cc1.OCCCCO. The molecule has 0 aromatic heterocycles. The van der Waals surface area contributed by atoms with Crippen molar-refractivity contribution in [3.8, 4) is 0 Å². The normalized spacial score (nSPS) is 10.8. The molecule has 0 atom stereocenters. The van der Waals surface area contributed by atoms with Crippen LogP contribution in [0.5, 0.6) is 0 Å². The molecule has 0 radical (unpaired) electrons. The van der Waals surface area contributed by atoms with E-state index in [2.05, 4.69) is 71.9 Å². The van der Waals surface area contributed by atoms with E-state index >= 15 is 0 Å². The number of benzene rings is 1. The first-order valence-corrected chi connectivity index (χ1v) is 22.7. The first-order valence-electron chi connectivity index (χ1n) is 22.7. The fraction of sp³-hybridized carbons (Fsp3) is 0.640. The number of aliphatic carboxylic acids is 2. The van der Waals surface area contributed by atoms with Gasteiger partial charge in [0.2, 0.25) is 0 Å². The van der Waals surface area contributed by atoms with Gasteiger partial charge in [-0.25, -0.2) is 9.59 Å². The number of esters is 2. The van der Waals surface area contributed by atoms with Crippen LogP contribution in [0.3, 0.4) is 0 Å². The van der Waals surface area contributed by atoms with Crippen molar-refractivity contribution in [3.05, 3.63) is 84.0 Å². The second kappa shape index (κ2) is 51.1. The van der Waals surface area contributed by atoms with Gasteiger partial charge in [0.1, 0.15) is 0 Å². The van der Waals surface area contributed by atoms with E-state index in [-0.39, 0.29) is 13.2 Å². The molecule has 60 heavy (non-hydrogen) atoms. The number of allylic oxidation sites excluding steroid dienone is 8. The van der Waals surface area contributed by atoms with Gasteiger partial charge >= 0.3 is 23.9 Å². The summed E-state index contributed by atoms with van der Waals surface area (Å²) in [7, 11) is 2.60. The lowest BCUT2D eigenvalue weighted by molar-refractivity contribution is -0.138. The summed E-state index contributed by atoms with van der Waals surface area (Å²) in [5.41, 5.74) is 0.806. The Morgan fingerprint density at radius 3 is 0.983 bits per heavy atom. The van der Waals surface area contributed by atoms with Crippen molar-refractivity contribution in [1.29, 1.82) is 0 Å². The number of methoxy groups -OCH3 is 2. The molecule has 0 aliphatic rings. The van der Waals surface area contributed by atoms with E-state index in [0.29, 0.717) is 24.0 Å². The van der Waals surface area contributed by atoms with Crippen molar-refractivity contribution in [2.45, 2.75) is 181 Å². The molecule has 0 amide bonds. The van der Waals surface area contributed by atoms with E-state index in [1.54, 1.807) is 0 Å². The predicted molar refractivity (Wildman–Crippen MR) is 247 cm³/mol. The van der Waals surface area contributed by atoms with Gasteiger partial charge < -0.3 is 29.9 Å². The Morgan fingerprint density at radius 2 is 0.717 bits per heavy atom. The topological polar surface area (TPSA) is 168 Å². The zero-order valence-corrected chi connectivity index (χ0v) is 38.0. The number of ether oxygens (including phenoxy) is 2. The number of aliphatic hydroxyl groups is 2. The lowest BCUT2D eigenvalue weighted by Gasteiger charge is -2.00. The van der Waals surface area contributed by atoms with E-state index in [0.717, 1.165) is 64.2 Å². The molecule has 1 aromatic carbocycles. The number of aliphatic hydroxyl groups excluding tert-OH is 2. The Balaban J connectivity index is -0.000000768. The van der Waals surface area contributed by atoms with E-state index in [1.807, 2.05) is 0 Å². The molecule has 1 rings (SSSR count). The van der Waals surface area contributed by atoms with Crippen LogP contribution in [0.1, 0.15) is 202 Å². The Kier molecular flexibility index (Phi) is 51.4. The third-order valence-electron chi connectivity index (χ3n) is 8.98. The smallest absolute Gasteiger partial charge is 0.337 e. The molecule has 0 unspecified atom stereocenters. The van der Waals surface area contributed by atoms with E-state index < -0.39 is 23.9 Å². The molecular weight excluding hydrogens is 761 g/mol. The molecule has 0 saturated carbocycles. The van der Waals surface area contributed by atoms with Crippen LogP contribution in [0.4, 0.5) is 0 Å². The van der Waals surface area contributed by atoms with Crippen LogP contribution in [0.25, 0.3) is 0 Å². The molecular formula is C50H84O10. The van der Waals surface area contributed by atoms with Crippen LogP contribution >= 0.6 is 0 Å². The molecule has 10 heteroatoms. The highest BCUT2D eigenvalue weighted by molar-refractivity contribution is 5.93. The van der Waals surface area contributed by atoms with E-state index in [1.165, 1.54) is 128 Å². The summed E-state index contributed by atoms with van der Waals surface area (Å²) >= 11 is 0. The van der Waals surface area contributed by atoms with Crippen LogP contribution in [0.15, 0.2) is 72.9 Å². The fourth-order valence-corrected chi connectivity index (χ4v) is 5.38. The average molecular weight is 845 g/mol. The van der Waals surface area contributed by atoms with Gasteiger partial charge in [-0.3, -0.25) is 9.59 Å². The van der Waals surface area contributed by atoms with Crippen molar-refractivity contribution in [2.75, 3.05) is 27.4 Å². The number of carbonyl (C=O) groups is 4. The maximum Gasteiger partial charge on any atom is 0.337 e. The first kappa shape index (κ1) is 60.3. The number of unbranched alkanes of at least 4 members (excludes halogenated alkanes) is 17. The van der Waals surface area contributed by atoms with Crippen LogP contribution in [-0.2, 0) is 19.1 Å². The minimum atomic E-state index is -0.671. The average Bonchev–Trinajstić information content (AvgIpc) is 3.25. The van der Waals surface area contributed by atoms with E-state index in [9.17, 15) is 19.2 Å². The number of rotatable bonds is 33. The zero-order chi connectivity index (χ0) is 45.2. The predicted octanol–water partition coefficient (Wildman–Crippen LogP) is 12.8. The molecule has 1 aromatic rings. The molecule has 0 bridgehead atoms. The number of hydrogen-bond donors (Lipinski definition) is 4. The summed E-state index contributed by atoms with van der Waals surface area (Å²) in [5, 5.41) is 33.2. The summed E-state index contributed by atoms with van der Waals surface area (Å²) in [6.45, 7) is 4.86. The third kappa shape index (κ3) is 50.1. The van der Waals surface area contributed by atoms with Crippen molar-refractivity contribution < 1.29 is 49.1 Å². The lowest BCUT2D eigenvalue weighted by atomic mass is 10.1. The fourth-order valence-electron chi connectivity index (χ4n) is 5.38. The largest absolute Gasteiger partial charge is 0.481 e. The Labute approximate surface area is 364 Å². The van der Waals surface area contributed by atoms with Crippen LogP contribution < -0.4 is 0 Å². The Morgan fingerprint density at radius 1 is 0.433 bits per heavy atom. The summed E-state index contributed by atoms with van der Waals surface area (Å²) < 4.78 is 9.02. The molecule has 0 spiro atoms. The summed E-state index contributed by atoms with van der Waals surface area (Å²) in [6, 6.07) is 6.05. The number of carbonyl (C=O) groups excluding carboxylic acids is 2. The summed E-state index contributed by atoms with van der Waals surface area (Å²) in [4.78, 5) is 42.7. The first-order chi connectivity index (χ1) is 29.1. The van der Waals surface area contributed by atoms with Gasteiger partial charge in [0.25, 0.3) is 0 Å². The number of carboxylic acids is 2. The van der Waals surface area contributed by atoms with Gasteiger partial charge in [0.15, 0.2) is 0 Å². The Hall–Kier alpha value is -4.02. The quantitative estimate of drug-likeness (QED) is 0.0304. The third-order valence-corrected chi connectivity index (χ3v) is 8.98. The number of carboxylic acid groups (broad SMARTS) is 2. The van der Waals surface area contributed by atoms with Crippen LogP contribution in [0, 0.1) is 0 Å². The van der Waals surface area contributed by atoms with Gasteiger partial charge in [0.05, 0.1) is 25.3 Å². The number of hydrogen-bond acceptors (Lipinski definition) is 8. The Bertz CT molecular complexity index is 1140. The molecule has 0 fully saturated rings. The minimum Gasteiger partial charge on any atom is -0.481 e. The summed E-state index contributed by atoms with van der Waals surface area (Å²) in [5.74, 6) is -2.20. The molecule has 0 heterocycles.